The van der Waals surface area contributed by atoms with Crippen LogP contribution < -0.4 is 0 Å². The molecule has 0 N–H and O–H groups in total. The van der Waals surface area contributed by atoms with Gasteiger partial charge in [-0.1, -0.05) is 231 Å². The lowest BCUT2D eigenvalue weighted by Crippen LogP contribution is -1.97. The predicted octanol–water partition coefficient (Wildman–Crippen LogP) is 19.5. The minimum atomic E-state index is 1.16. The molecule has 0 spiro atoms. The fourth-order valence-electron chi connectivity index (χ4n) is 11.4. The Hall–Kier alpha value is -9.76. The van der Waals surface area contributed by atoms with Crippen molar-refractivity contribution in [2.75, 3.05) is 0 Å². The van der Waals surface area contributed by atoms with Crippen LogP contribution >= 0.6 is 0 Å². The highest BCUT2D eigenvalue weighted by Crippen LogP contribution is 2.42. The van der Waals surface area contributed by atoms with Crippen molar-refractivity contribution in [3.63, 3.8) is 0 Å². The molecule has 0 fully saturated rings. The SMILES string of the molecule is c1ccc(-c2cccc(-c3cccc(-c4ccc(-c5ccc(-c6ccccc6-n6c7ccccc7c7cc(-c8ccc9c(c8)c8ccccc8n9-c8ccccc8-c8ccccc8)ccc76)cc5)cc4)c3)c2)cc1. The molecular weight excluding hydrogens is 893 g/mol. The molecule has 0 aliphatic rings. The van der Waals surface area contributed by atoms with E-state index in [-0.39, 0.29) is 0 Å². The Morgan fingerprint density at radius 3 is 0.919 bits per heavy atom. The molecule has 0 radical (unpaired) electrons. The lowest BCUT2D eigenvalue weighted by molar-refractivity contribution is 1.18. The van der Waals surface area contributed by atoms with E-state index in [9.17, 15) is 0 Å². The monoisotopic (exact) mass is 940 g/mol. The Morgan fingerprint density at radius 1 is 0.162 bits per heavy atom. The average Bonchev–Trinajstić information content (AvgIpc) is 4.00. The van der Waals surface area contributed by atoms with Gasteiger partial charge in [0.1, 0.15) is 0 Å². The molecule has 2 heterocycles. The van der Waals surface area contributed by atoms with E-state index >= 15 is 0 Å². The molecule has 0 bridgehead atoms. The van der Waals surface area contributed by atoms with Gasteiger partial charge >= 0.3 is 0 Å². The average molecular weight is 941 g/mol. The van der Waals surface area contributed by atoms with Gasteiger partial charge in [0.15, 0.2) is 0 Å². The summed E-state index contributed by atoms with van der Waals surface area (Å²) in [6.45, 7) is 0. The number of rotatable bonds is 9. The second kappa shape index (κ2) is 18.1. The second-order valence-corrected chi connectivity index (χ2v) is 19.3. The van der Waals surface area contributed by atoms with Gasteiger partial charge < -0.3 is 9.13 Å². The van der Waals surface area contributed by atoms with Crippen molar-refractivity contribution < 1.29 is 0 Å². The molecule has 0 atom stereocenters. The van der Waals surface area contributed by atoms with E-state index < -0.39 is 0 Å². The van der Waals surface area contributed by atoms with Gasteiger partial charge in [0.05, 0.1) is 33.4 Å². The van der Waals surface area contributed by atoms with Crippen LogP contribution in [0.15, 0.2) is 291 Å². The molecule has 14 rings (SSSR count). The molecular formula is C72H48N2. The maximum absolute atomic E-state index is 2.45. The largest absolute Gasteiger partial charge is 0.309 e. The molecule has 0 saturated carbocycles. The van der Waals surface area contributed by atoms with Crippen LogP contribution in [-0.4, -0.2) is 9.13 Å². The van der Waals surface area contributed by atoms with Gasteiger partial charge in [-0.25, -0.2) is 0 Å². The summed E-state index contributed by atoms with van der Waals surface area (Å²) in [5.74, 6) is 0. The van der Waals surface area contributed by atoms with Gasteiger partial charge in [0, 0.05) is 32.7 Å². The predicted molar refractivity (Wildman–Crippen MR) is 313 cm³/mol. The standard InChI is InChI=1S/C72H48N2/c1-3-17-49(18-4-1)55-21-15-23-57(45-55)58-24-16-22-56(46-58)52-35-33-50(34-36-52)51-37-39-54(40-38-51)62-26-8-12-30-68(62)74-70-32-14-10-28-64(70)66-48-60(42-44-72(66)74)59-41-43-71-65(47-59)63-27-9-13-31-69(63)73(71)67-29-11-7-25-61(67)53-19-5-2-6-20-53/h1-48H. The second-order valence-electron chi connectivity index (χ2n) is 19.3. The van der Waals surface area contributed by atoms with Crippen molar-refractivity contribution in [1.29, 1.82) is 0 Å². The van der Waals surface area contributed by atoms with Gasteiger partial charge in [0.2, 0.25) is 0 Å². The Bertz CT molecular complexity index is 4390. The Labute approximate surface area is 431 Å². The van der Waals surface area contributed by atoms with E-state index in [1.807, 2.05) is 0 Å². The number of fused-ring (bicyclic) bond motifs is 6. The Balaban J connectivity index is 0.780. The summed E-state index contributed by atoms with van der Waals surface area (Å²) in [4.78, 5) is 0. The van der Waals surface area contributed by atoms with E-state index in [4.69, 9.17) is 0 Å². The number of aromatic nitrogens is 2. The molecule has 346 valence electrons. The normalized spacial score (nSPS) is 11.5. The first kappa shape index (κ1) is 43.1. The molecule has 0 aliphatic heterocycles. The van der Waals surface area contributed by atoms with Crippen molar-refractivity contribution >= 4 is 43.6 Å². The minimum absolute atomic E-state index is 1.16. The van der Waals surface area contributed by atoms with Crippen LogP contribution in [0.5, 0.6) is 0 Å². The van der Waals surface area contributed by atoms with E-state index in [1.54, 1.807) is 0 Å². The molecule has 2 heteroatoms. The topological polar surface area (TPSA) is 9.86 Å². The quantitative estimate of drug-likeness (QED) is 0.136. The van der Waals surface area contributed by atoms with Gasteiger partial charge in [-0.3, -0.25) is 0 Å². The summed E-state index contributed by atoms with van der Waals surface area (Å²) in [5, 5.41) is 4.95. The zero-order chi connectivity index (χ0) is 49.0. The van der Waals surface area contributed by atoms with Crippen molar-refractivity contribution in [2.24, 2.45) is 0 Å². The van der Waals surface area contributed by atoms with Gasteiger partial charge in [0.25, 0.3) is 0 Å². The smallest absolute Gasteiger partial charge is 0.0541 e. The van der Waals surface area contributed by atoms with E-state index in [0.717, 1.165) is 5.69 Å². The fraction of sp³-hybridized carbons (Fsp3) is 0. The van der Waals surface area contributed by atoms with Crippen LogP contribution in [-0.2, 0) is 0 Å². The highest BCUT2D eigenvalue weighted by molar-refractivity contribution is 6.13. The third kappa shape index (κ3) is 7.52. The Morgan fingerprint density at radius 2 is 0.446 bits per heavy atom. The van der Waals surface area contributed by atoms with Gasteiger partial charge in [-0.05, 0) is 127 Å². The third-order valence-corrected chi connectivity index (χ3v) is 15.0. The number of benzene rings is 12. The minimum Gasteiger partial charge on any atom is -0.309 e. The third-order valence-electron chi connectivity index (χ3n) is 15.0. The van der Waals surface area contributed by atoms with Crippen molar-refractivity contribution in [1.82, 2.24) is 9.13 Å². The van der Waals surface area contributed by atoms with Gasteiger partial charge in [-0.15, -0.1) is 0 Å². The van der Waals surface area contributed by atoms with E-state index in [2.05, 4.69) is 300 Å². The maximum Gasteiger partial charge on any atom is 0.0541 e. The highest BCUT2D eigenvalue weighted by atomic mass is 15.0. The van der Waals surface area contributed by atoms with Crippen molar-refractivity contribution in [3.05, 3.63) is 291 Å². The molecule has 14 aromatic rings. The van der Waals surface area contributed by atoms with Crippen LogP contribution in [0.1, 0.15) is 0 Å². The molecule has 0 amide bonds. The van der Waals surface area contributed by atoms with Crippen molar-refractivity contribution in [2.45, 2.75) is 0 Å². The summed E-state index contributed by atoms with van der Waals surface area (Å²) >= 11 is 0. The fourth-order valence-corrected chi connectivity index (χ4v) is 11.4. The maximum atomic E-state index is 2.45. The Kier molecular flexibility index (Phi) is 10.6. The van der Waals surface area contributed by atoms with Crippen molar-refractivity contribution in [3.8, 4) is 89.3 Å². The lowest BCUT2D eigenvalue weighted by atomic mass is 9.95. The molecule has 2 aromatic heterocycles. The summed E-state index contributed by atoms with van der Waals surface area (Å²) in [7, 11) is 0. The van der Waals surface area contributed by atoms with E-state index in [0.29, 0.717) is 0 Å². The molecule has 0 aliphatic carbocycles. The number of para-hydroxylation sites is 4. The molecule has 2 nitrogen and oxygen atoms in total. The molecule has 12 aromatic carbocycles. The highest BCUT2D eigenvalue weighted by Gasteiger charge is 2.19. The van der Waals surface area contributed by atoms with Crippen LogP contribution in [0.2, 0.25) is 0 Å². The lowest BCUT2D eigenvalue weighted by Gasteiger charge is -2.15. The zero-order valence-electron chi connectivity index (χ0n) is 40.6. The first-order chi connectivity index (χ1) is 36.7. The molecule has 0 unspecified atom stereocenters. The molecule has 0 saturated heterocycles. The summed E-state index contributed by atoms with van der Waals surface area (Å²) < 4.78 is 4.89. The summed E-state index contributed by atoms with van der Waals surface area (Å²) in [6.07, 6.45) is 0. The summed E-state index contributed by atoms with van der Waals surface area (Å²) in [5.41, 5.74) is 23.9. The number of hydrogen-bond acceptors (Lipinski definition) is 0. The number of nitrogens with zero attached hydrogens (tertiary/aromatic N) is 2. The summed E-state index contributed by atoms with van der Waals surface area (Å²) in [6, 6.07) is 106. The number of hydrogen-bond donors (Lipinski definition) is 0. The van der Waals surface area contributed by atoms with Crippen LogP contribution in [0.25, 0.3) is 133 Å². The zero-order valence-corrected chi connectivity index (χ0v) is 40.6. The first-order valence-corrected chi connectivity index (χ1v) is 25.5. The van der Waals surface area contributed by atoms with E-state index in [1.165, 1.54) is 127 Å². The van der Waals surface area contributed by atoms with Crippen LogP contribution in [0.3, 0.4) is 0 Å². The van der Waals surface area contributed by atoms with Crippen LogP contribution in [0.4, 0.5) is 0 Å². The van der Waals surface area contributed by atoms with Gasteiger partial charge in [-0.2, -0.15) is 0 Å². The molecule has 74 heavy (non-hydrogen) atoms. The first-order valence-electron chi connectivity index (χ1n) is 25.5. The van der Waals surface area contributed by atoms with Crippen LogP contribution in [0, 0.1) is 0 Å².